The summed E-state index contributed by atoms with van der Waals surface area (Å²) in [5, 5.41) is 7.60. The van der Waals surface area contributed by atoms with Gasteiger partial charge >= 0.3 is 0 Å². The molecule has 0 bridgehead atoms. The van der Waals surface area contributed by atoms with Crippen LogP contribution in [0, 0.1) is 0 Å². The molecule has 29 heavy (non-hydrogen) atoms. The van der Waals surface area contributed by atoms with Crippen molar-refractivity contribution in [3.63, 3.8) is 0 Å². The quantitative estimate of drug-likeness (QED) is 0.775. The number of benzene rings is 1. The second kappa shape index (κ2) is 7.74. The minimum atomic E-state index is -3.78. The van der Waals surface area contributed by atoms with Crippen LogP contribution in [0.15, 0.2) is 29.2 Å². The minimum Gasteiger partial charge on any atom is -0.307 e. The number of halogens is 1. The highest BCUT2D eigenvalue weighted by molar-refractivity contribution is 7.89. The molecule has 2 aromatic rings. The first kappa shape index (κ1) is 23.4. The van der Waals surface area contributed by atoms with Gasteiger partial charge in [-0.3, -0.25) is 4.79 Å². The highest BCUT2D eigenvalue weighted by Crippen LogP contribution is 2.29. The molecule has 1 amide bonds. The Hall–Kier alpha value is -1.90. The third kappa shape index (κ3) is 4.99. The zero-order valence-corrected chi connectivity index (χ0v) is 19.7. The van der Waals surface area contributed by atoms with Crippen molar-refractivity contribution in [1.82, 2.24) is 14.1 Å². The molecule has 0 aliphatic rings. The van der Waals surface area contributed by atoms with Crippen molar-refractivity contribution >= 4 is 33.3 Å². The highest BCUT2D eigenvalue weighted by Gasteiger charge is 2.27. The molecule has 0 aliphatic heterocycles. The molecule has 0 radical (unpaired) electrons. The lowest BCUT2D eigenvalue weighted by Gasteiger charge is -2.23. The van der Waals surface area contributed by atoms with Crippen LogP contribution in [0.1, 0.15) is 57.6 Å². The molecule has 160 valence electrons. The van der Waals surface area contributed by atoms with Crippen molar-refractivity contribution in [2.24, 2.45) is 0 Å². The number of rotatable bonds is 4. The van der Waals surface area contributed by atoms with Gasteiger partial charge in [-0.1, -0.05) is 32.4 Å². The molecule has 1 aromatic carbocycles. The van der Waals surface area contributed by atoms with Crippen LogP contribution in [0.3, 0.4) is 0 Å². The van der Waals surface area contributed by atoms with E-state index < -0.39 is 15.9 Å². The number of carbonyl (C=O) groups excluding carboxylic acids is 1. The molecule has 0 atom stereocenters. The topological polar surface area (TPSA) is 84.3 Å². The third-order valence-corrected chi connectivity index (χ3v) is 6.60. The Morgan fingerprint density at radius 1 is 1.10 bits per heavy atom. The van der Waals surface area contributed by atoms with E-state index >= 15 is 0 Å². The summed E-state index contributed by atoms with van der Waals surface area (Å²) in [5.74, 6) is 0.0992. The van der Waals surface area contributed by atoms with Crippen LogP contribution in [-0.2, 0) is 21.0 Å². The number of aromatic nitrogens is 2. The van der Waals surface area contributed by atoms with Crippen LogP contribution in [-0.4, -0.2) is 42.5 Å². The van der Waals surface area contributed by atoms with Gasteiger partial charge in [-0.25, -0.2) is 17.4 Å². The molecule has 1 N–H and O–H groups in total. The standard InChI is InChI=1S/C20H29ClN4O3S/c1-19(2,3)16-12-17(25(23-16)20(4,5)6)22-18(26)13-9-10-14(21)15(11-13)29(27,28)24(7)8/h9-12H,1-8H3,(H,22,26). The van der Waals surface area contributed by atoms with Gasteiger partial charge in [0.2, 0.25) is 10.0 Å². The van der Waals surface area contributed by atoms with E-state index in [-0.39, 0.29) is 26.4 Å². The van der Waals surface area contributed by atoms with Gasteiger partial charge in [-0.05, 0) is 39.0 Å². The minimum absolute atomic E-state index is 0.0602. The van der Waals surface area contributed by atoms with Crippen molar-refractivity contribution < 1.29 is 13.2 Å². The fourth-order valence-electron chi connectivity index (χ4n) is 2.58. The maximum atomic E-state index is 12.9. The van der Waals surface area contributed by atoms with Gasteiger partial charge in [0.1, 0.15) is 10.7 Å². The molecular weight excluding hydrogens is 412 g/mol. The van der Waals surface area contributed by atoms with E-state index in [4.69, 9.17) is 11.6 Å². The predicted octanol–water partition coefficient (Wildman–Crippen LogP) is 4.09. The monoisotopic (exact) mass is 440 g/mol. The van der Waals surface area contributed by atoms with Gasteiger partial charge in [0.05, 0.1) is 16.3 Å². The molecule has 0 unspecified atom stereocenters. The van der Waals surface area contributed by atoms with Crippen LogP contribution >= 0.6 is 11.6 Å². The maximum absolute atomic E-state index is 12.9. The van der Waals surface area contributed by atoms with E-state index in [0.717, 1.165) is 10.00 Å². The number of hydrogen-bond acceptors (Lipinski definition) is 4. The summed E-state index contributed by atoms with van der Waals surface area (Å²) in [7, 11) is -0.957. The molecule has 0 spiro atoms. The van der Waals surface area contributed by atoms with Crippen molar-refractivity contribution in [1.29, 1.82) is 0 Å². The molecule has 1 aromatic heterocycles. The number of sulfonamides is 1. The number of carbonyl (C=O) groups is 1. The first-order valence-corrected chi connectivity index (χ1v) is 11.0. The van der Waals surface area contributed by atoms with Gasteiger partial charge in [0.15, 0.2) is 0 Å². The molecule has 0 aliphatic carbocycles. The second-order valence-electron chi connectivity index (χ2n) is 9.13. The predicted molar refractivity (Wildman–Crippen MR) is 116 cm³/mol. The third-order valence-electron chi connectivity index (χ3n) is 4.31. The number of nitrogens with zero attached hydrogens (tertiary/aromatic N) is 3. The van der Waals surface area contributed by atoms with Crippen LogP contribution in [0.4, 0.5) is 5.82 Å². The SMILES string of the molecule is CN(C)S(=O)(=O)c1cc(C(=O)Nc2cc(C(C)(C)C)nn2C(C)(C)C)ccc1Cl. The lowest BCUT2D eigenvalue weighted by atomic mass is 9.92. The summed E-state index contributed by atoms with van der Waals surface area (Å²) < 4.78 is 27.8. The Labute approximate surface area is 178 Å². The zero-order valence-electron chi connectivity index (χ0n) is 18.2. The number of amides is 1. The molecule has 7 nitrogen and oxygen atoms in total. The van der Waals surface area contributed by atoms with E-state index in [1.807, 2.05) is 47.6 Å². The fraction of sp³-hybridized carbons (Fsp3) is 0.500. The Bertz CT molecular complexity index is 1030. The average molecular weight is 441 g/mol. The van der Waals surface area contributed by atoms with Crippen molar-refractivity contribution in [3.8, 4) is 0 Å². The lowest BCUT2D eigenvalue weighted by molar-refractivity contribution is 0.102. The highest BCUT2D eigenvalue weighted by atomic mass is 35.5. The van der Waals surface area contributed by atoms with E-state index in [0.29, 0.717) is 5.82 Å². The molecular formula is C20H29ClN4O3S. The molecule has 9 heteroatoms. The summed E-state index contributed by atoms with van der Waals surface area (Å²) in [4.78, 5) is 12.8. The number of hydrogen-bond donors (Lipinski definition) is 1. The van der Waals surface area contributed by atoms with Crippen LogP contribution in [0.2, 0.25) is 5.02 Å². The summed E-state index contributed by atoms with van der Waals surface area (Å²) in [6.45, 7) is 12.1. The number of anilines is 1. The van der Waals surface area contributed by atoms with E-state index in [1.165, 1.54) is 32.3 Å². The van der Waals surface area contributed by atoms with Gasteiger partial charge in [0.25, 0.3) is 5.91 Å². The first-order chi connectivity index (χ1) is 13.0. The second-order valence-corrected chi connectivity index (χ2v) is 11.7. The lowest BCUT2D eigenvalue weighted by Crippen LogP contribution is -2.27. The molecule has 1 heterocycles. The Morgan fingerprint density at radius 2 is 1.69 bits per heavy atom. The largest absolute Gasteiger partial charge is 0.307 e. The molecule has 0 saturated heterocycles. The van der Waals surface area contributed by atoms with Crippen LogP contribution in [0.5, 0.6) is 0 Å². The summed E-state index contributed by atoms with van der Waals surface area (Å²) in [5.41, 5.74) is 0.484. The average Bonchev–Trinajstić information content (AvgIpc) is 2.99. The first-order valence-electron chi connectivity index (χ1n) is 9.19. The summed E-state index contributed by atoms with van der Waals surface area (Å²) in [6, 6.07) is 6.04. The van der Waals surface area contributed by atoms with E-state index in [9.17, 15) is 13.2 Å². The smallest absolute Gasteiger partial charge is 0.256 e. The van der Waals surface area contributed by atoms with E-state index in [2.05, 4.69) is 10.4 Å². The maximum Gasteiger partial charge on any atom is 0.256 e. The zero-order chi connectivity index (χ0) is 22.4. The van der Waals surface area contributed by atoms with Gasteiger partial charge in [0, 0.05) is 31.1 Å². The van der Waals surface area contributed by atoms with Gasteiger partial charge in [-0.15, -0.1) is 0 Å². The Balaban J connectivity index is 2.47. The molecule has 0 saturated carbocycles. The summed E-state index contributed by atoms with van der Waals surface area (Å²) >= 11 is 6.08. The van der Waals surface area contributed by atoms with Gasteiger partial charge < -0.3 is 5.32 Å². The Kier molecular flexibility index (Phi) is 6.24. The number of nitrogens with one attached hydrogen (secondary N) is 1. The van der Waals surface area contributed by atoms with Crippen molar-refractivity contribution in [2.75, 3.05) is 19.4 Å². The van der Waals surface area contributed by atoms with Crippen LogP contribution < -0.4 is 5.32 Å². The Morgan fingerprint density at radius 3 is 2.17 bits per heavy atom. The van der Waals surface area contributed by atoms with Crippen molar-refractivity contribution in [3.05, 3.63) is 40.5 Å². The summed E-state index contributed by atoms with van der Waals surface area (Å²) in [6.07, 6.45) is 0. The normalized spacial score (nSPS) is 13.0. The fourth-order valence-corrected chi connectivity index (χ4v) is 3.97. The van der Waals surface area contributed by atoms with Crippen LogP contribution in [0.25, 0.3) is 0 Å². The van der Waals surface area contributed by atoms with E-state index in [1.54, 1.807) is 4.68 Å². The van der Waals surface area contributed by atoms with Gasteiger partial charge in [-0.2, -0.15) is 5.10 Å². The molecule has 0 fully saturated rings. The van der Waals surface area contributed by atoms with Crippen molar-refractivity contribution in [2.45, 2.75) is 57.4 Å². The molecule has 2 rings (SSSR count).